The van der Waals surface area contributed by atoms with Crippen molar-refractivity contribution in [3.63, 3.8) is 0 Å². The van der Waals surface area contributed by atoms with E-state index in [0.29, 0.717) is 13.2 Å². The van der Waals surface area contributed by atoms with Gasteiger partial charge in [-0.15, -0.1) is 0 Å². The Morgan fingerprint density at radius 2 is 1.69 bits per heavy atom. The van der Waals surface area contributed by atoms with Gasteiger partial charge in [0, 0.05) is 6.42 Å². The average Bonchev–Trinajstić information content (AvgIpc) is 2.24. The molecule has 0 bridgehead atoms. The number of rotatable bonds is 5. The second kappa shape index (κ2) is 5.87. The Morgan fingerprint density at radius 3 is 2.19 bits per heavy atom. The van der Waals surface area contributed by atoms with Crippen molar-refractivity contribution >= 4 is 0 Å². The topological polar surface area (TPSA) is 44.5 Å². The average molecular weight is 223 g/mol. The third kappa shape index (κ3) is 4.21. The summed E-state index contributed by atoms with van der Waals surface area (Å²) in [7, 11) is 0. The quantitative estimate of drug-likeness (QED) is 0.616. The van der Waals surface area contributed by atoms with E-state index in [2.05, 4.69) is 37.7 Å². The summed E-state index contributed by atoms with van der Waals surface area (Å²) in [6, 6.07) is 8.22. The zero-order valence-electron chi connectivity index (χ0n) is 10.3. The van der Waals surface area contributed by atoms with Gasteiger partial charge in [0.15, 0.2) is 0 Å². The monoisotopic (exact) mass is 223 g/mol. The first-order chi connectivity index (χ1) is 7.54. The van der Waals surface area contributed by atoms with Crippen LogP contribution in [0.3, 0.4) is 0 Å². The Morgan fingerprint density at radius 1 is 1.06 bits per heavy atom. The van der Waals surface area contributed by atoms with Crippen LogP contribution in [0.15, 0.2) is 24.3 Å². The lowest BCUT2D eigenvalue weighted by molar-refractivity contribution is 0.122. The highest BCUT2D eigenvalue weighted by molar-refractivity contribution is 5.31. The van der Waals surface area contributed by atoms with E-state index in [4.69, 9.17) is 10.6 Å². The molecule has 2 N–H and O–H groups in total. The summed E-state index contributed by atoms with van der Waals surface area (Å²) in [5, 5.41) is 0. The Labute approximate surface area is 97.5 Å². The summed E-state index contributed by atoms with van der Waals surface area (Å²) in [4.78, 5) is 4.46. The van der Waals surface area contributed by atoms with Gasteiger partial charge in [-0.1, -0.05) is 32.9 Å². The molecule has 3 heteroatoms. The van der Waals surface area contributed by atoms with Crippen LogP contribution in [-0.4, -0.2) is 13.2 Å². The number of benzene rings is 1. The molecular weight excluding hydrogens is 202 g/mol. The lowest BCUT2D eigenvalue weighted by Crippen LogP contribution is -2.10. The van der Waals surface area contributed by atoms with Crippen molar-refractivity contribution in [3.05, 3.63) is 29.8 Å². The van der Waals surface area contributed by atoms with Crippen molar-refractivity contribution in [2.75, 3.05) is 13.2 Å². The minimum Gasteiger partial charge on any atom is -0.494 e. The van der Waals surface area contributed by atoms with E-state index in [-0.39, 0.29) is 5.41 Å². The van der Waals surface area contributed by atoms with Crippen LogP contribution >= 0.6 is 0 Å². The molecule has 0 fully saturated rings. The Balaban J connectivity index is 2.46. The molecule has 1 aromatic carbocycles. The zero-order valence-corrected chi connectivity index (χ0v) is 10.3. The van der Waals surface area contributed by atoms with E-state index in [1.165, 1.54) is 5.56 Å². The molecule has 1 rings (SSSR count). The summed E-state index contributed by atoms with van der Waals surface area (Å²) < 4.78 is 5.54. The molecule has 0 aromatic heterocycles. The van der Waals surface area contributed by atoms with Crippen LogP contribution < -0.4 is 10.6 Å². The lowest BCUT2D eigenvalue weighted by Gasteiger charge is -2.19. The standard InChI is InChI=1S/C13H21NO2/c1-13(2,3)11-5-7-12(8-6-11)15-9-4-10-16-14/h5-8H,4,9-10,14H2,1-3H3. The Bertz CT molecular complexity index is 301. The van der Waals surface area contributed by atoms with Gasteiger partial charge in [-0.25, -0.2) is 5.90 Å². The van der Waals surface area contributed by atoms with Gasteiger partial charge in [-0.3, -0.25) is 0 Å². The van der Waals surface area contributed by atoms with E-state index < -0.39 is 0 Å². The number of hydrogen-bond donors (Lipinski definition) is 1. The molecule has 0 saturated carbocycles. The molecular formula is C13H21NO2. The maximum absolute atomic E-state index is 5.54. The van der Waals surface area contributed by atoms with Crippen LogP contribution in [0.2, 0.25) is 0 Å². The largest absolute Gasteiger partial charge is 0.494 e. The molecule has 0 unspecified atom stereocenters. The van der Waals surface area contributed by atoms with E-state index in [1.54, 1.807) is 0 Å². The highest BCUT2D eigenvalue weighted by Crippen LogP contribution is 2.24. The van der Waals surface area contributed by atoms with Crippen molar-refractivity contribution in [3.8, 4) is 5.75 Å². The first-order valence-corrected chi connectivity index (χ1v) is 5.59. The number of hydrogen-bond acceptors (Lipinski definition) is 3. The summed E-state index contributed by atoms with van der Waals surface area (Å²) in [5.74, 6) is 5.81. The van der Waals surface area contributed by atoms with Crippen molar-refractivity contribution in [2.24, 2.45) is 5.90 Å². The number of ether oxygens (including phenoxy) is 1. The molecule has 0 aliphatic heterocycles. The fraction of sp³-hybridized carbons (Fsp3) is 0.538. The predicted octanol–water partition coefficient (Wildman–Crippen LogP) is 2.64. The molecule has 0 aliphatic carbocycles. The highest BCUT2D eigenvalue weighted by Gasteiger charge is 2.12. The molecule has 90 valence electrons. The Kier molecular flexibility index (Phi) is 4.77. The predicted molar refractivity (Wildman–Crippen MR) is 65.4 cm³/mol. The van der Waals surface area contributed by atoms with Gasteiger partial charge in [0.1, 0.15) is 5.75 Å². The molecule has 0 radical (unpaired) electrons. The molecule has 16 heavy (non-hydrogen) atoms. The minimum absolute atomic E-state index is 0.186. The first-order valence-electron chi connectivity index (χ1n) is 5.59. The van der Waals surface area contributed by atoms with E-state index >= 15 is 0 Å². The minimum atomic E-state index is 0.186. The molecule has 0 spiro atoms. The first kappa shape index (κ1) is 13.0. The summed E-state index contributed by atoms with van der Waals surface area (Å²) in [5.41, 5.74) is 1.50. The molecule has 0 amide bonds. The van der Waals surface area contributed by atoms with Gasteiger partial charge < -0.3 is 9.57 Å². The van der Waals surface area contributed by atoms with Crippen LogP contribution in [0.4, 0.5) is 0 Å². The second-order valence-electron chi connectivity index (χ2n) is 4.85. The third-order valence-corrected chi connectivity index (χ3v) is 2.40. The van der Waals surface area contributed by atoms with Gasteiger partial charge >= 0.3 is 0 Å². The van der Waals surface area contributed by atoms with Crippen molar-refractivity contribution in [1.29, 1.82) is 0 Å². The Hall–Kier alpha value is -1.06. The van der Waals surface area contributed by atoms with Crippen LogP contribution in [0, 0.1) is 0 Å². The molecule has 0 heterocycles. The van der Waals surface area contributed by atoms with Gasteiger partial charge in [0.2, 0.25) is 0 Å². The molecule has 3 nitrogen and oxygen atoms in total. The lowest BCUT2D eigenvalue weighted by atomic mass is 9.87. The summed E-state index contributed by atoms with van der Waals surface area (Å²) in [6.45, 7) is 7.75. The van der Waals surface area contributed by atoms with Gasteiger partial charge in [0.05, 0.1) is 13.2 Å². The SMILES string of the molecule is CC(C)(C)c1ccc(OCCCON)cc1. The number of nitrogens with two attached hydrogens (primary N) is 1. The third-order valence-electron chi connectivity index (χ3n) is 2.40. The van der Waals surface area contributed by atoms with Crippen LogP contribution in [0.25, 0.3) is 0 Å². The van der Waals surface area contributed by atoms with Crippen LogP contribution in [0.1, 0.15) is 32.8 Å². The normalized spacial score (nSPS) is 11.5. The molecule has 0 saturated heterocycles. The van der Waals surface area contributed by atoms with E-state index in [0.717, 1.165) is 12.2 Å². The van der Waals surface area contributed by atoms with Crippen molar-refractivity contribution in [2.45, 2.75) is 32.6 Å². The van der Waals surface area contributed by atoms with Gasteiger partial charge in [0.25, 0.3) is 0 Å². The van der Waals surface area contributed by atoms with Crippen LogP contribution in [0.5, 0.6) is 5.75 Å². The highest BCUT2D eigenvalue weighted by atomic mass is 16.6. The van der Waals surface area contributed by atoms with Gasteiger partial charge in [-0.05, 0) is 23.1 Å². The van der Waals surface area contributed by atoms with Crippen LogP contribution in [-0.2, 0) is 10.3 Å². The van der Waals surface area contributed by atoms with Crippen molar-refractivity contribution < 1.29 is 9.57 Å². The maximum Gasteiger partial charge on any atom is 0.119 e. The second-order valence-corrected chi connectivity index (χ2v) is 4.85. The molecule has 1 aromatic rings. The fourth-order valence-corrected chi connectivity index (χ4v) is 1.38. The van der Waals surface area contributed by atoms with E-state index in [9.17, 15) is 0 Å². The summed E-state index contributed by atoms with van der Waals surface area (Å²) in [6.07, 6.45) is 0.803. The van der Waals surface area contributed by atoms with E-state index in [1.807, 2.05) is 12.1 Å². The zero-order chi connectivity index (χ0) is 12.0. The van der Waals surface area contributed by atoms with Gasteiger partial charge in [-0.2, -0.15) is 0 Å². The molecule has 0 aliphatic rings. The molecule has 0 atom stereocenters. The fourth-order valence-electron chi connectivity index (χ4n) is 1.38. The van der Waals surface area contributed by atoms with Crippen molar-refractivity contribution in [1.82, 2.24) is 0 Å². The smallest absolute Gasteiger partial charge is 0.119 e. The summed E-state index contributed by atoms with van der Waals surface area (Å²) >= 11 is 0. The maximum atomic E-state index is 5.54.